The largest absolute Gasteiger partial charge is 0.391 e. The van der Waals surface area contributed by atoms with E-state index in [0.29, 0.717) is 12.2 Å². The smallest absolute Gasteiger partial charge is 0.242 e. The van der Waals surface area contributed by atoms with E-state index in [9.17, 15) is 13.5 Å². The molecule has 0 radical (unpaired) electrons. The number of aliphatic hydroxyl groups excluding tert-OH is 1. The number of hydrogen-bond acceptors (Lipinski definition) is 4. The van der Waals surface area contributed by atoms with Gasteiger partial charge in [0.2, 0.25) is 10.0 Å². The number of rotatable bonds is 7. The molecule has 1 aromatic carbocycles. The van der Waals surface area contributed by atoms with Crippen molar-refractivity contribution in [2.24, 2.45) is 0 Å². The maximum atomic E-state index is 12.3. The molecule has 0 amide bonds. The van der Waals surface area contributed by atoms with Crippen molar-refractivity contribution in [2.75, 3.05) is 11.9 Å². The van der Waals surface area contributed by atoms with E-state index in [1.54, 1.807) is 31.2 Å². The minimum atomic E-state index is -3.55. The van der Waals surface area contributed by atoms with Gasteiger partial charge in [-0.25, -0.2) is 13.1 Å². The summed E-state index contributed by atoms with van der Waals surface area (Å²) >= 11 is 0. The third-order valence-electron chi connectivity index (χ3n) is 3.22. The first-order valence-corrected chi connectivity index (χ1v) is 8.24. The van der Waals surface area contributed by atoms with Crippen molar-refractivity contribution < 1.29 is 13.5 Å². The number of sulfonamides is 1. The van der Waals surface area contributed by atoms with Crippen LogP contribution < -0.4 is 10.0 Å². The highest BCUT2D eigenvalue weighted by Gasteiger charge is 2.26. The van der Waals surface area contributed by atoms with E-state index in [0.717, 1.165) is 6.42 Å². The molecule has 114 valence electrons. The fourth-order valence-electron chi connectivity index (χ4n) is 1.57. The molecule has 5 nitrogen and oxygen atoms in total. The number of nitrogens with one attached hydrogen (secondary N) is 2. The molecule has 1 rings (SSSR count). The van der Waals surface area contributed by atoms with E-state index in [1.165, 1.54) is 0 Å². The lowest BCUT2D eigenvalue weighted by molar-refractivity contribution is 0.133. The van der Waals surface area contributed by atoms with Gasteiger partial charge in [0.05, 0.1) is 17.3 Å². The fraction of sp³-hybridized carbons (Fsp3) is 0.571. The van der Waals surface area contributed by atoms with Crippen LogP contribution in [0.2, 0.25) is 0 Å². The third-order valence-corrected chi connectivity index (χ3v) is 4.74. The Bertz CT molecular complexity index is 539. The van der Waals surface area contributed by atoms with Crippen molar-refractivity contribution in [3.63, 3.8) is 0 Å². The molecule has 0 aliphatic rings. The van der Waals surface area contributed by atoms with Crippen molar-refractivity contribution in [3.05, 3.63) is 24.3 Å². The summed E-state index contributed by atoms with van der Waals surface area (Å²) in [6.07, 6.45) is 0.107. The van der Waals surface area contributed by atoms with E-state index < -0.39 is 21.7 Å². The van der Waals surface area contributed by atoms with Gasteiger partial charge in [0.25, 0.3) is 0 Å². The normalized spacial score (nSPS) is 14.1. The van der Waals surface area contributed by atoms with Crippen LogP contribution in [-0.2, 0) is 10.0 Å². The van der Waals surface area contributed by atoms with E-state index in [2.05, 4.69) is 10.0 Å². The minimum Gasteiger partial charge on any atom is -0.391 e. The predicted molar refractivity (Wildman–Crippen MR) is 81.3 cm³/mol. The molecule has 0 fully saturated rings. The Hall–Kier alpha value is -1.11. The summed E-state index contributed by atoms with van der Waals surface area (Å²) in [4.78, 5) is 0.196. The molecule has 0 spiro atoms. The number of para-hydroxylation sites is 1. The Balaban J connectivity index is 3.12. The first-order chi connectivity index (χ1) is 9.20. The van der Waals surface area contributed by atoms with Crippen LogP contribution in [0.5, 0.6) is 0 Å². The maximum absolute atomic E-state index is 12.3. The SMILES string of the molecule is CCCNS(=O)(=O)c1ccccc1NC(C)(C)C(C)O. The first-order valence-electron chi connectivity index (χ1n) is 6.75. The van der Waals surface area contributed by atoms with Gasteiger partial charge in [-0.1, -0.05) is 19.1 Å². The zero-order chi connectivity index (χ0) is 15.4. The topological polar surface area (TPSA) is 78.4 Å². The number of anilines is 1. The molecule has 1 atom stereocenters. The van der Waals surface area contributed by atoms with Gasteiger partial charge in [-0.2, -0.15) is 0 Å². The second-order valence-corrected chi connectivity index (χ2v) is 7.15. The zero-order valence-corrected chi connectivity index (χ0v) is 13.3. The Labute approximate surface area is 121 Å². The number of aliphatic hydroxyl groups is 1. The van der Waals surface area contributed by atoms with Gasteiger partial charge < -0.3 is 10.4 Å². The second-order valence-electron chi connectivity index (χ2n) is 5.42. The van der Waals surface area contributed by atoms with E-state index in [1.807, 2.05) is 20.8 Å². The van der Waals surface area contributed by atoms with Gasteiger partial charge in [-0.15, -0.1) is 0 Å². The highest BCUT2D eigenvalue weighted by molar-refractivity contribution is 7.89. The number of benzene rings is 1. The van der Waals surface area contributed by atoms with Gasteiger partial charge in [0.1, 0.15) is 4.90 Å². The number of hydrogen-bond donors (Lipinski definition) is 3. The summed E-state index contributed by atoms with van der Waals surface area (Å²) in [7, 11) is -3.55. The van der Waals surface area contributed by atoms with Gasteiger partial charge >= 0.3 is 0 Å². The lowest BCUT2D eigenvalue weighted by Gasteiger charge is -2.31. The first kappa shape index (κ1) is 16.9. The minimum absolute atomic E-state index is 0.196. The molecule has 0 heterocycles. The fourth-order valence-corrected chi connectivity index (χ4v) is 2.86. The molecule has 0 saturated heterocycles. The Morgan fingerprint density at radius 2 is 1.90 bits per heavy atom. The lowest BCUT2D eigenvalue weighted by Crippen LogP contribution is -2.42. The van der Waals surface area contributed by atoms with Crippen LogP contribution in [-0.4, -0.2) is 31.7 Å². The average molecular weight is 300 g/mol. The molecule has 0 bridgehead atoms. The predicted octanol–water partition coefficient (Wildman–Crippen LogP) is 1.95. The van der Waals surface area contributed by atoms with E-state index in [4.69, 9.17) is 0 Å². The van der Waals surface area contributed by atoms with Gasteiger partial charge in [0, 0.05) is 6.54 Å². The highest BCUT2D eigenvalue weighted by atomic mass is 32.2. The Kier molecular flexibility index (Phi) is 5.56. The van der Waals surface area contributed by atoms with Crippen LogP contribution in [0, 0.1) is 0 Å². The monoisotopic (exact) mass is 300 g/mol. The highest BCUT2D eigenvalue weighted by Crippen LogP contribution is 2.25. The molecular formula is C14H24N2O3S. The van der Waals surface area contributed by atoms with Crippen molar-refractivity contribution in [3.8, 4) is 0 Å². The van der Waals surface area contributed by atoms with Crippen LogP contribution in [0.25, 0.3) is 0 Å². The summed E-state index contributed by atoms with van der Waals surface area (Å²) in [5.41, 5.74) is -0.141. The molecule has 0 aromatic heterocycles. The quantitative estimate of drug-likeness (QED) is 0.719. The molecule has 1 aromatic rings. The van der Waals surface area contributed by atoms with E-state index >= 15 is 0 Å². The maximum Gasteiger partial charge on any atom is 0.242 e. The molecule has 0 aliphatic carbocycles. The molecular weight excluding hydrogens is 276 g/mol. The van der Waals surface area contributed by atoms with Crippen molar-refractivity contribution in [1.29, 1.82) is 0 Å². The van der Waals surface area contributed by atoms with Crippen LogP contribution in [0.1, 0.15) is 34.1 Å². The average Bonchev–Trinajstić information content (AvgIpc) is 2.36. The Morgan fingerprint density at radius 3 is 2.45 bits per heavy atom. The third kappa shape index (κ3) is 4.19. The standard InChI is InChI=1S/C14H24N2O3S/c1-5-10-15-20(18,19)13-9-7-6-8-12(13)16-14(3,4)11(2)17/h6-9,11,15-17H,5,10H2,1-4H3. The van der Waals surface area contributed by atoms with Crippen LogP contribution >= 0.6 is 0 Å². The van der Waals surface area contributed by atoms with Crippen LogP contribution in [0.15, 0.2) is 29.2 Å². The van der Waals surface area contributed by atoms with Crippen molar-refractivity contribution in [1.82, 2.24) is 4.72 Å². The van der Waals surface area contributed by atoms with Crippen LogP contribution in [0.3, 0.4) is 0 Å². The van der Waals surface area contributed by atoms with Gasteiger partial charge in [-0.3, -0.25) is 0 Å². The van der Waals surface area contributed by atoms with Crippen molar-refractivity contribution >= 4 is 15.7 Å². The zero-order valence-electron chi connectivity index (χ0n) is 12.5. The molecule has 0 saturated carbocycles. The Morgan fingerprint density at radius 1 is 1.30 bits per heavy atom. The molecule has 3 N–H and O–H groups in total. The summed E-state index contributed by atoms with van der Waals surface area (Å²) in [6, 6.07) is 6.70. The van der Waals surface area contributed by atoms with Gasteiger partial charge in [0.15, 0.2) is 0 Å². The molecule has 20 heavy (non-hydrogen) atoms. The summed E-state index contributed by atoms with van der Waals surface area (Å²) < 4.78 is 27.1. The van der Waals surface area contributed by atoms with Gasteiger partial charge in [-0.05, 0) is 39.3 Å². The summed E-state index contributed by atoms with van der Waals surface area (Å²) in [6.45, 7) is 7.61. The van der Waals surface area contributed by atoms with E-state index in [-0.39, 0.29) is 4.90 Å². The lowest BCUT2D eigenvalue weighted by atomic mass is 9.98. The molecule has 1 unspecified atom stereocenters. The van der Waals surface area contributed by atoms with Crippen molar-refractivity contribution in [2.45, 2.75) is 50.7 Å². The molecule has 6 heteroatoms. The molecule has 0 aliphatic heterocycles. The summed E-state index contributed by atoms with van der Waals surface area (Å²) in [5, 5.41) is 12.8. The summed E-state index contributed by atoms with van der Waals surface area (Å²) in [5.74, 6) is 0. The van der Waals surface area contributed by atoms with Crippen LogP contribution in [0.4, 0.5) is 5.69 Å². The second kappa shape index (κ2) is 6.56.